The monoisotopic (exact) mass is 346 g/mol. The highest BCUT2D eigenvalue weighted by Gasteiger charge is 2.46. The minimum atomic E-state index is -4.36. The molecule has 0 aromatic carbocycles. The number of aromatic nitrogens is 1. The van der Waals surface area contributed by atoms with Gasteiger partial charge >= 0.3 is 12.3 Å². The van der Waals surface area contributed by atoms with Crippen LogP contribution in [0.5, 0.6) is 0 Å². The molecule has 1 N–H and O–H groups in total. The highest BCUT2D eigenvalue weighted by Crippen LogP contribution is 2.43. The largest absolute Gasteiger partial charge is 0.465 e. The van der Waals surface area contributed by atoms with Crippen molar-refractivity contribution in [2.45, 2.75) is 31.3 Å². The highest BCUT2D eigenvalue weighted by molar-refractivity contribution is 5.66. The molecule has 2 aliphatic rings. The fourth-order valence-electron chi connectivity index (χ4n) is 3.20. The molecule has 1 aromatic heterocycles. The van der Waals surface area contributed by atoms with Crippen LogP contribution in [0, 0.1) is 5.92 Å². The van der Waals surface area contributed by atoms with E-state index in [-0.39, 0.29) is 25.1 Å². The first kappa shape index (κ1) is 17.0. The first-order chi connectivity index (χ1) is 11.4. The van der Waals surface area contributed by atoms with Crippen LogP contribution in [0.4, 0.5) is 18.0 Å². The maximum Gasteiger partial charge on any atom is 0.407 e. The van der Waals surface area contributed by atoms with E-state index in [1.54, 1.807) is 12.1 Å². The Morgan fingerprint density at radius 1 is 1.33 bits per heavy atom. The fraction of sp³-hybridized carbons (Fsp3) is 0.600. The second-order valence-electron chi connectivity index (χ2n) is 5.81. The zero-order valence-corrected chi connectivity index (χ0v) is 12.7. The van der Waals surface area contributed by atoms with Crippen LogP contribution in [0.1, 0.15) is 36.4 Å². The molecule has 3 rings (SSSR count). The number of nitrogens with zero attached hydrogens (tertiary/aromatic N) is 2. The Hall–Kier alpha value is -1.87. The van der Waals surface area contributed by atoms with E-state index in [1.807, 2.05) is 0 Å². The zero-order valence-electron chi connectivity index (χ0n) is 12.7. The minimum Gasteiger partial charge on any atom is -0.465 e. The van der Waals surface area contributed by atoms with Gasteiger partial charge in [0.1, 0.15) is 0 Å². The number of carboxylic acid groups (broad SMARTS) is 1. The Balaban J connectivity index is 1.95. The van der Waals surface area contributed by atoms with Crippen LogP contribution in [0.25, 0.3) is 0 Å². The molecule has 2 saturated heterocycles. The summed E-state index contributed by atoms with van der Waals surface area (Å²) < 4.78 is 50.2. The van der Waals surface area contributed by atoms with Gasteiger partial charge in [-0.05, 0) is 18.9 Å². The normalized spacial score (nSPS) is 25.9. The summed E-state index contributed by atoms with van der Waals surface area (Å²) in [5, 5.41) is 9.37. The van der Waals surface area contributed by atoms with Crippen molar-refractivity contribution >= 4 is 6.09 Å². The second kappa shape index (κ2) is 6.56. The van der Waals surface area contributed by atoms with Crippen molar-refractivity contribution in [1.29, 1.82) is 0 Å². The molecule has 2 aliphatic heterocycles. The van der Waals surface area contributed by atoms with Gasteiger partial charge in [0.25, 0.3) is 0 Å². The molecule has 0 radical (unpaired) electrons. The van der Waals surface area contributed by atoms with Crippen LogP contribution in [0.2, 0.25) is 0 Å². The van der Waals surface area contributed by atoms with Crippen molar-refractivity contribution in [2.24, 2.45) is 5.92 Å². The number of piperidine rings is 1. The smallest absolute Gasteiger partial charge is 0.407 e. The maximum atomic E-state index is 13.1. The summed E-state index contributed by atoms with van der Waals surface area (Å²) >= 11 is 0. The lowest BCUT2D eigenvalue weighted by Crippen LogP contribution is -2.44. The molecule has 0 bridgehead atoms. The number of hydrogen-bond acceptors (Lipinski definition) is 4. The number of alkyl halides is 3. The predicted molar refractivity (Wildman–Crippen MR) is 75.1 cm³/mol. The van der Waals surface area contributed by atoms with Crippen molar-refractivity contribution in [3.8, 4) is 0 Å². The predicted octanol–water partition coefficient (Wildman–Crippen LogP) is 3.12. The van der Waals surface area contributed by atoms with E-state index in [0.29, 0.717) is 18.8 Å². The van der Waals surface area contributed by atoms with Crippen LogP contribution >= 0.6 is 0 Å². The summed E-state index contributed by atoms with van der Waals surface area (Å²) in [5.41, 5.74) is 0.745. The van der Waals surface area contributed by atoms with Gasteiger partial charge in [0, 0.05) is 18.3 Å². The Morgan fingerprint density at radius 3 is 2.67 bits per heavy atom. The lowest BCUT2D eigenvalue weighted by Gasteiger charge is -2.38. The number of halogens is 3. The number of carbonyl (C=O) groups is 1. The lowest BCUT2D eigenvalue weighted by molar-refractivity contribution is -0.189. The number of hydrogen-bond donors (Lipinski definition) is 1. The van der Waals surface area contributed by atoms with Crippen LogP contribution < -0.4 is 0 Å². The van der Waals surface area contributed by atoms with Gasteiger partial charge in [-0.3, -0.25) is 9.88 Å². The number of likely N-dealkylation sites (tertiary alicyclic amines) is 1. The van der Waals surface area contributed by atoms with Gasteiger partial charge in [-0.1, -0.05) is 6.07 Å². The number of amides is 1. The zero-order chi connectivity index (χ0) is 17.3. The van der Waals surface area contributed by atoms with Crippen LogP contribution in [-0.2, 0) is 9.47 Å². The van der Waals surface area contributed by atoms with Crippen molar-refractivity contribution in [3.63, 3.8) is 0 Å². The van der Waals surface area contributed by atoms with E-state index >= 15 is 0 Å². The Bertz CT molecular complexity index is 605. The maximum absolute atomic E-state index is 13.1. The van der Waals surface area contributed by atoms with Crippen molar-refractivity contribution in [3.05, 3.63) is 29.6 Å². The summed E-state index contributed by atoms with van der Waals surface area (Å²) in [4.78, 5) is 16.7. The van der Waals surface area contributed by atoms with E-state index in [1.165, 1.54) is 6.20 Å². The standard InChI is InChI=1S/C15H17F3N2O4/c16-15(17,18)9-3-5-20(14(21)22)11(8-9)12-10(2-1-4-19-12)13-23-6-7-24-13/h1-2,4,9,11,13H,3,5-8H2,(H,21,22). The molecule has 6 nitrogen and oxygen atoms in total. The van der Waals surface area contributed by atoms with E-state index in [2.05, 4.69) is 4.98 Å². The topological polar surface area (TPSA) is 71.9 Å². The molecule has 2 atom stereocenters. The first-order valence-electron chi connectivity index (χ1n) is 7.62. The van der Waals surface area contributed by atoms with E-state index < -0.39 is 30.5 Å². The van der Waals surface area contributed by atoms with Crippen molar-refractivity contribution in [2.75, 3.05) is 19.8 Å². The average Bonchev–Trinajstić information content (AvgIpc) is 3.07. The minimum absolute atomic E-state index is 0.188. The Labute approximate surface area is 136 Å². The summed E-state index contributed by atoms with van der Waals surface area (Å²) in [6.07, 6.45) is -5.51. The third kappa shape index (κ3) is 3.32. The van der Waals surface area contributed by atoms with Gasteiger partial charge < -0.3 is 14.6 Å². The van der Waals surface area contributed by atoms with Gasteiger partial charge in [0.05, 0.1) is 30.9 Å². The molecular formula is C15H17F3N2O4. The van der Waals surface area contributed by atoms with Gasteiger partial charge in [0.2, 0.25) is 0 Å². The molecule has 0 aliphatic carbocycles. The van der Waals surface area contributed by atoms with Crippen molar-refractivity contribution < 1.29 is 32.5 Å². The van der Waals surface area contributed by atoms with Gasteiger partial charge in [0.15, 0.2) is 6.29 Å². The van der Waals surface area contributed by atoms with Crippen LogP contribution in [-0.4, -0.2) is 47.0 Å². The fourth-order valence-corrected chi connectivity index (χ4v) is 3.20. The van der Waals surface area contributed by atoms with Crippen molar-refractivity contribution in [1.82, 2.24) is 9.88 Å². The summed E-state index contributed by atoms with van der Waals surface area (Å²) in [7, 11) is 0. The lowest BCUT2D eigenvalue weighted by atomic mass is 9.87. The second-order valence-corrected chi connectivity index (χ2v) is 5.81. The molecule has 24 heavy (non-hydrogen) atoms. The third-order valence-electron chi connectivity index (χ3n) is 4.37. The first-order valence-corrected chi connectivity index (χ1v) is 7.62. The molecule has 0 saturated carbocycles. The Morgan fingerprint density at radius 2 is 2.04 bits per heavy atom. The quantitative estimate of drug-likeness (QED) is 0.891. The Kier molecular flexibility index (Phi) is 4.64. The molecule has 1 amide bonds. The molecule has 2 fully saturated rings. The van der Waals surface area contributed by atoms with E-state index in [4.69, 9.17) is 9.47 Å². The summed E-state index contributed by atoms with van der Waals surface area (Å²) in [6, 6.07) is 2.29. The van der Waals surface area contributed by atoms with Crippen LogP contribution in [0.3, 0.4) is 0 Å². The van der Waals surface area contributed by atoms with E-state index in [0.717, 1.165) is 4.90 Å². The molecule has 3 heterocycles. The highest BCUT2D eigenvalue weighted by atomic mass is 19.4. The molecule has 1 aromatic rings. The van der Waals surface area contributed by atoms with Gasteiger partial charge in [-0.25, -0.2) is 4.79 Å². The number of ether oxygens (including phenoxy) is 2. The molecule has 132 valence electrons. The summed E-state index contributed by atoms with van der Waals surface area (Å²) in [5.74, 6) is -1.56. The number of pyridine rings is 1. The molecular weight excluding hydrogens is 329 g/mol. The molecule has 2 unspecified atom stereocenters. The SMILES string of the molecule is O=C(O)N1CCC(C(F)(F)F)CC1c1ncccc1C1OCCO1. The van der Waals surface area contributed by atoms with Crippen LogP contribution in [0.15, 0.2) is 18.3 Å². The number of rotatable bonds is 2. The molecule has 9 heteroatoms. The average molecular weight is 346 g/mol. The third-order valence-corrected chi connectivity index (χ3v) is 4.37. The molecule has 0 spiro atoms. The van der Waals surface area contributed by atoms with Gasteiger partial charge in [-0.2, -0.15) is 13.2 Å². The van der Waals surface area contributed by atoms with E-state index in [9.17, 15) is 23.1 Å². The van der Waals surface area contributed by atoms with Gasteiger partial charge in [-0.15, -0.1) is 0 Å². The summed E-state index contributed by atoms with van der Waals surface area (Å²) in [6.45, 7) is 0.557.